The van der Waals surface area contributed by atoms with Crippen molar-refractivity contribution in [1.82, 2.24) is 4.98 Å². The van der Waals surface area contributed by atoms with E-state index in [1.165, 1.54) is 12.3 Å². The molecule has 2 heterocycles. The largest absolute Gasteiger partial charge is 0.469 e. The minimum absolute atomic E-state index is 0.213. The number of hydrogen-bond acceptors (Lipinski definition) is 3. The lowest BCUT2D eigenvalue weighted by Crippen LogP contribution is -2.33. The zero-order chi connectivity index (χ0) is 14.4. The molecule has 1 N–H and O–H groups in total. The molecule has 6 heteroatoms. The summed E-state index contributed by atoms with van der Waals surface area (Å²) in [5.41, 5.74) is -2.36. The molecule has 3 rings (SSSR count). The lowest BCUT2D eigenvalue weighted by atomic mass is 9.77. The third-order valence-electron chi connectivity index (χ3n) is 3.71. The van der Waals surface area contributed by atoms with Gasteiger partial charge in [-0.3, -0.25) is 4.98 Å². The van der Waals surface area contributed by atoms with Crippen LogP contribution in [0.15, 0.2) is 35.2 Å². The Balaban J connectivity index is 2.20. The number of pyridine rings is 1. The number of alkyl halides is 3. The number of furan rings is 1. The zero-order valence-corrected chi connectivity index (χ0v) is 10.4. The van der Waals surface area contributed by atoms with Crippen molar-refractivity contribution >= 4 is 0 Å². The van der Waals surface area contributed by atoms with Gasteiger partial charge in [-0.1, -0.05) is 0 Å². The third-order valence-corrected chi connectivity index (χ3v) is 3.71. The van der Waals surface area contributed by atoms with Gasteiger partial charge in [-0.15, -0.1) is 0 Å². The number of aryl methyl sites for hydroxylation is 1. The van der Waals surface area contributed by atoms with E-state index < -0.39 is 17.3 Å². The summed E-state index contributed by atoms with van der Waals surface area (Å²) in [5, 5.41) is 10.8. The predicted molar refractivity (Wildman–Crippen MR) is 63.9 cm³/mol. The minimum atomic E-state index is -4.53. The summed E-state index contributed by atoms with van der Waals surface area (Å²) in [6.45, 7) is 0. The highest BCUT2D eigenvalue weighted by Gasteiger charge is 2.44. The molecule has 106 valence electrons. The summed E-state index contributed by atoms with van der Waals surface area (Å²) in [5.74, 6) is 0.538. The summed E-state index contributed by atoms with van der Waals surface area (Å²) in [6.07, 6.45) is 0.420. The van der Waals surface area contributed by atoms with Crippen molar-refractivity contribution in [3.63, 3.8) is 0 Å². The van der Waals surface area contributed by atoms with Gasteiger partial charge in [0, 0.05) is 29.9 Å². The second kappa shape index (κ2) is 4.34. The van der Waals surface area contributed by atoms with Crippen molar-refractivity contribution in [3.8, 4) is 0 Å². The second-order valence-corrected chi connectivity index (χ2v) is 4.89. The minimum Gasteiger partial charge on any atom is -0.469 e. The molecule has 1 atom stereocenters. The first-order valence-electron chi connectivity index (χ1n) is 6.24. The molecule has 0 spiro atoms. The van der Waals surface area contributed by atoms with Crippen LogP contribution in [0.3, 0.4) is 0 Å². The van der Waals surface area contributed by atoms with E-state index in [1.807, 2.05) is 0 Å². The molecule has 0 aromatic carbocycles. The van der Waals surface area contributed by atoms with Gasteiger partial charge >= 0.3 is 6.18 Å². The van der Waals surface area contributed by atoms with Gasteiger partial charge in [0.15, 0.2) is 0 Å². The van der Waals surface area contributed by atoms with Crippen LogP contribution in [-0.2, 0) is 18.2 Å². The van der Waals surface area contributed by atoms with Crippen LogP contribution in [0.5, 0.6) is 0 Å². The first-order valence-corrected chi connectivity index (χ1v) is 6.24. The first kappa shape index (κ1) is 13.2. The molecule has 0 saturated heterocycles. The summed E-state index contributed by atoms with van der Waals surface area (Å²) in [7, 11) is 0. The Bertz CT molecular complexity index is 635. The van der Waals surface area contributed by atoms with Gasteiger partial charge in [0.2, 0.25) is 0 Å². The van der Waals surface area contributed by atoms with Gasteiger partial charge in [0.1, 0.15) is 11.4 Å². The molecule has 0 fully saturated rings. The van der Waals surface area contributed by atoms with Crippen LogP contribution in [0.4, 0.5) is 13.2 Å². The van der Waals surface area contributed by atoms with E-state index in [0.29, 0.717) is 24.2 Å². The fraction of sp³-hybridized carbons (Fsp3) is 0.357. The summed E-state index contributed by atoms with van der Waals surface area (Å²) < 4.78 is 44.6. The Kier molecular flexibility index (Phi) is 2.86. The van der Waals surface area contributed by atoms with Crippen molar-refractivity contribution in [3.05, 3.63) is 53.2 Å². The van der Waals surface area contributed by atoms with Gasteiger partial charge in [0.05, 0.1) is 11.8 Å². The number of nitrogens with zero attached hydrogens (tertiary/aromatic N) is 1. The predicted octanol–water partition coefficient (Wildman–Crippen LogP) is 3.27. The highest BCUT2D eigenvalue weighted by molar-refractivity contribution is 5.43. The zero-order valence-electron chi connectivity index (χ0n) is 10.4. The van der Waals surface area contributed by atoms with E-state index in [4.69, 9.17) is 4.42 Å². The van der Waals surface area contributed by atoms with Crippen LogP contribution in [0.2, 0.25) is 0 Å². The van der Waals surface area contributed by atoms with Crippen LogP contribution in [0.1, 0.15) is 35.3 Å². The SMILES string of the molecule is OC1(c2cnccc2C(F)(F)F)CCCc2occc21. The molecule has 1 unspecified atom stereocenters. The molecule has 0 saturated carbocycles. The molecule has 0 amide bonds. The Morgan fingerprint density at radius 1 is 1.25 bits per heavy atom. The first-order chi connectivity index (χ1) is 9.43. The van der Waals surface area contributed by atoms with E-state index in [9.17, 15) is 18.3 Å². The van der Waals surface area contributed by atoms with Crippen LogP contribution >= 0.6 is 0 Å². The topological polar surface area (TPSA) is 46.3 Å². The molecular formula is C14H12F3NO2. The van der Waals surface area contributed by atoms with Gasteiger partial charge in [-0.05, 0) is 25.0 Å². The number of hydrogen-bond donors (Lipinski definition) is 1. The molecule has 0 bridgehead atoms. The molecule has 2 aromatic heterocycles. The monoisotopic (exact) mass is 283 g/mol. The van der Waals surface area contributed by atoms with Gasteiger partial charge in [0.25, 0.3) is 0 Å². The maximum atomic E-state index is 13.1. The van der Waals surface area contributed by atoms with Gasteiger partial charge in [-0.2, -0.15) is 13.2 Å². The van der Waals surface area contributed by atoms with Gasteiger partial charge in [-0.25, -0.2) is 0 Å². The molecule has 0 radical (unpaired) electrons. The standard InChI is InChI=1S/C14H12F3NO2/c15-14(16,17)9-3-6-18-8-11(9)13(19)5-1-2-12-10(13)4-7-20-12/h3-4,6-8,19H,1-2,5H2. The Morgan fingerprint density at radius 3 is 2.80 bits per heavy atom. The van der Waals surface area contributed by atoms with E-state index >= 15 is 0 Å². The van der Waals surface area contributed by atoms with Crippen LogP contribution in [-0.4, -0.2) is 10.1 Å². The number of rotatable bonds is 1. The van der Waals surface area contributed by atoms with Crippen molar-refractivity contribution in [2.75, 3.05) is 0 Å². The van der Waals surface area contributed by atoms with E-state index in [0.717, 1.165) is 18.5 Å². The average Bonchev–Trinajstić information content (AvgIpc) is 2.88. The molecule has 3 nitrogen and oxygen atoms in total. The van der Waals surface area contributed by atoms with Crippen LogP contribution in [0.25, 0.3) is 0 Å². The number of halogens is 3. The maximum absolute atomic E-state index is 13.1. The smallest absolute Gasteiger partial charge is 0.416 e. The van der Waals surface area contributed by atoms with E-state index in [1.54, 1.807) is 0 Å². The molecule has 1 aliphatic carbocycles. The highest BCUT2D eigenvalue weighted by atomic mass is 19.4. The molecule has 1 aliphatic rings. The lowest BCUT2D eigenvalue weighted by Gasteiger charge is -2.33. The summed E-state index contributed by atoms with van der Waals surface area (Å²) in [4.78, 5) is 3.75. The quantitative estimate of drug-likeness (QED) is 0.873. The van der Waals surface area contributed by atoms with Gasteiger partial charge < -0.3 is 9.52 Å². The van der Waals surface area contributed by atoms with Crippen molar-refractivity contribution in [2.24, 2.45) is 0 Å². The maximum Gasteiger partial charge on any atom is 0.416 e. The third kappa shape index (κ3) is 1.91. The molecule has 20 heavy (non-hydrogen) atoms. The molecular weight excluding hydrogens is 271 g/mol. The molecule has 2 aromatic rings. The number of aliphatic hydroxyl groups is 1. The normalized spacial score (nSPS) is 22.6. The highest BCUT2D eigenvalue weighted by Crippen LogP contribution is 2.45. The van der Waals surface area contributed by atoms with Crippen molar-refractivity contribution in [1.29, 1.82) is 0 Å². The van der Waals surface area contributed by atoms with E-state index in [-0.39, 0.29) is 12.0 Å². The fourth-order valence-electron chi connectivity index (χ4n) is 2.79. The Labute approximate surface area is 113 Å². The summed E-state index contributed by atoms with van der Waals surface area (Å²) >= 11 is 0. The Hall–Kier alpha value is -1.82. The average molecular weight is 283 g/mol. The number of fused-ring (bicyclic) bond motifs is 1. The number of aromatic nitrogens is 1. The van der Waals surface area contributed by atoms with Crippen molar-refractivity contribution in [2.45, 2.75) is 31.0 Å². The second-order valence-electron chi connectivity index (χ2n) is 4.89. The van der Waals surface area contributed by atoms with Crippen molar-refractivity contribution < 1.29 is 22.7 Å². The van der Waals surface area contributed by atoms with Crippen LogP contribution in [0, 0.1) is 0 Å². The lowest BCUT2D eigenvalue weighted by molar-refractivity contribution is -0.140. The van der Waals surface area contributed by atoms with E-state index in [2.05, 4.69) is 4.98 Å². The summed E-state index contributed by atoms with van der Waals surface area (Å²) in [6, 6.07) is 2.42. The van der Waals surface area contributed by atoms with Crippen LogP contribution < -0.4 is 0 Å². The fourth-order valence-corrected chi connectivity index (χ4v) is 2.79. The molecule has 0 aliphatic heterocycles. The Morgan fingerprint density at radius 2 is 2.05 bits per heavy atom.